The zero-order valence-electron chi connectivity index (χ0n) is 15.2. The van der Waals surface area contributed by atoms with E-state index in [2.05, 4.69) is 5.32 Å². The van der Waals surface area contributed by atoms with E-state index >= 15 is 0 Å². The Morgan fingerprint density at radius 1 is 0.885 bits per heavy atom. The van der Waals surface area contributed by atoms with Crippen molar-refractivity contribution >= 4 is 17.6 Å². The first-order valence-corrected chi connectivity index (χ1v) is 8.35. The average Bonchev–Trinajstić information content (AvgIpc) is 2.59. The van der Waals surface area contributed by atoms with E-state index in [1.165, 1.54) is 0 Å². The number of ether oxygens (including phenoxy) is 3. The molecule has 6 nitrogen and oxygen atoms in total. The predicted molar refractivity (Wildman–Crippen MR) is 98.6 cm³/mol. The molecule has 0 aromatic heterocycles. The molecule has 2 aromatic carbocycles. The molecule has 0 aliphatic carbocycles. The highest BCUT2D eigenvalue weighted by Crippen LogP contribution is 2.16. The molecule has 138 valence electrons. The fourth-order valence-corrected chi connectivity index (χ4v) is 2.34. The van der Waals surface area contributed by atoms with Crippen LogP contribution in [0.1, 0.15) is 18.1 Å². The van der Waals surface area contributed by atoms with E-state index in [1.807, 2.05) is 39.0 Å². The van der Waals surface area contributed by atoms with Crippen LogP contribution in [0.15, 0.2) is 42.5 Å². The lowest BCUT2D eigenvalue weighted by Gasteiger charge is -2.09. The quantitative estimate of drug-likeness (QED) is 0.734. The van der Waals surface area contributed by atoms with Crippen molar-refractivity contribution in [3.8, 4) is 11.5 Å². The molecule has 0 atom stereocenters. The minimum Gasteiger partial charge on any atom is -0.494 e. The Bertz CT molecular complexity index is 735. The van der Waals surface area contributed by atoms with Crippen molar-refractivity contribution in [2.75, 3.05) is 25.1 Å². The second kappa shape index (κ2) is 9.46. The summed E-state index contributed by atoms with van der Waals surface area (Å²) in [6.07, 6.45) is 0. The van der Waals surface area contributed by atoms with Crippen molar-refractivity contribution in [2.45, 2.75) is 20.8 Å². The summed E-state index contributed by atoms with van der Waals surface area (Å²) in [5.74, 6) is 0.290. The van der Waals surface area contributed by atoms with Crippen LogP contribution < -0.4 is 14.8 Å². The standard InChI is InChI=1S/C20H23NO5/c1-4-24-17-7-5-16(6-8-17)21-19(22)12-26-20(23)13-25-18-10-14(2)9-15(3)11-18/h5-11H,4,12-13H2,1-3H3,(H,21,22). The number of hydrogen-bond acceptors (Lipinski definition) is 5. The van der Waals surface area contributed by atoms with E-state index in [4.69, 9.17) is 14.2 Å². The van der Waals surface area contributed by atoms with Gasteiger partial charge in [0.25, 0.3) is 5.91 Å². The van der Waals surface area contributed by atoms with Crippen LogP contribution in [0.3, 0.4) is 0 Å². The van der Waals surface area contributed by atoms with Crippen LogP contribution in [0.25, 0.3) is 0 Å². The van der Waals surface area contributed by atoms with Gasteiger partial charge in [-0.25, -0.2) is 4.79 Å². The van der Waals surface area contributed by atoms with E-state index in [-0.39, 0.29) is 13.2 Å². The monoisotopic (exact) mass is 357 g/mol. The molecular weight excluding hydrogens is 334 g/mol. The lowest BCUT2D eigenvalue weighted by molar-refractivity contribution is -0.149. The summed E-state index contributed by atoms with van der Waals surface area (Å²) in [4.78, 5) is 23.5. The molecule has 0 saturated heterocycles. The SMILES string of the molecule is CCOc1ccc(NC(=O)COC(=O)COc2cc(C)cc(C)c2)cc1. The Morgan fingerprint density at radius 3 is 2.15 bits per heavy atom. The van der Waals surface area contributed by atoms with Crippen LogP contribution in [-0.2, 0) is 14.3 Å². The zero-order chi connectivity index (χ0) is 18.9. The lowest BCUT2D eigenvalue weighted by atomic mass is 10.1. The molecule has 0 fully saturated rings. The van der Waals surface area contributed by atoms with Crippen molar-refractivity contribution in [1.29, 1.82) is 0 Å². The number of hydrogen-bond donors (Lipinski definition) is 1. The number of esters is 1. The zero-order valence-corrected chi connectivity index (χ0v) is 15.2. The van der Waals surface area contributed by atoms with Gasteiger partial charge in [0.1, 0.15) is 11.5 Å². The second-order valence-electron chi connectivity index (χ2n) is 5.78. The number of anilines is 1. The summed E-state index contributed by atoms with van der Waals surface area (Å²) in [7, 11) is 0. The fourth-order valence-electron chi connectivity index (χ4n) is 2.34. The number of aryl methyl sites for hydroxylation is 2. The van der Waals surface area contributed by atoms with Crippen LogP contribution in [0.5, 0.6) is 11.5 Å². The molecule has 1 amide bonds. The maximum Gasteiger partial charge on any atom is 0.344 e. The Hall–Kier alpha value is -3.02. The van der Waals surface area contributed by atoms with Crippen LogP contribution in [0.2, 0.25) is 0 Å². The first-order valence-electron chi connectivity index (χ1n) is 8.35. The van der Waals surface area contributed by atoms with Gasteiger partial charge in [0, 0.05) is 5.69 Å². The summed E-state index contributed by atoms with van der Waals surface area (Å²) < 4.78 is 15.6. The number of carbonyl (C=O) groups excluding carboxylic acids is 2. The first kappa shape index (κ1) is 19.3. The van der Waals surface area contributed by atoms with Crippen LogP contribution in [0, 0.1) is 13.8 Å². The molecule has 1 N–H and O–H groups in total. The minimum atomic E-state index is -0.606. The highest BCUT2D eigenvalue weighted by molar-refractivity contribution is 5.92. The maximum absolute atomic E-state index is 11.8. The van der Waals surface area contributed by atoms with Crippen molar-refractivity contribution in [3.63, 3.8) is 0 Å². The molecule has 6 heteroatoms. The molecule has 0 saturated carbocycles. The number of amides is 1. The van der Waals surface area contributed by atoms with Crippen molar-refractivity contribution in [2.24, 2.45) is 0 Å². The van der Waals surface area contributed by atoms with Gasteiger partial charge in [0.2, 0.25) is 0 Å². The minimum absolute atomic E-state index is 0.251. The molecule has 0 bridgehead atoms. The number of rotatable bonds is 8. The Balaban J connectivity index is 1.73. The number of carbonyl (C=O) groups is 2. The van der Waals surface area contributed by atoms with E-state index < -0.39 is 11.9 Å². The molecule has 26 heavy (non-hydrogen) atoms. The highest BCUT2D eigenvalue weighted by Gasteiger charge is 2.09. The summed E-state index contributed by atoms with van der Waals surface area (Å²) in [5, 5.41) is 2.64. The third-order valence-electron chi connectivity index (χ3n) is 3.37. The molecule has 0 unspecified atom stereocenters. The average molecular weight is 357 g/mol. The van der Waals surface area contributed by atoms with Gasteiger partial charge in [-0.05, 0) is 68.3 Å². The number of nitrogens with one attached hydrogen (secondary N) is 1. The van der Waals surface area contributed by atoms with Gasteiger partial charge in [-0.1, -0.05) is 6.07 Å². The van der Waals surface area contributed by atoms with Crippen LogP contribution in [-0.4, -0.2) is 31.7 Å². The van der Waals surface area contributed by atoms with E-state index in [0.29, 0.717) is 18.0 Å². The normalized spacial score (nSPS) is 10.1. The van der Waals surface area contributed by atoms with E-state index in [0.717, 1.165) is 16.9 Å². The summed E-state index contributed by atoms with van der Waals surface area (Å²) in [6.45, 7) is 5.74. The van der Waals surface area contributed by atoms with E-state index in [1.54, 1.807) is 24.3 Å². The molecule has 0 spiro atoms. The van der Waals surface area contributed by atoms with Crippen LogP contribution in [0.4, 0.5) is 5.69 Å². The summed E-state index contributed by atoms with van der Waals surface area (Å²) in [5.41, 5.74) is 2.69. The molecule has 0 aliphatic rings. The maximum atomic E-state index is 11.8. The topological polar surface area (TPSA) is 73.9 Å². The van der Waals surface area contributed by atoms with Gasteiger partial charge in [0.05, 0.1) is 6.61 Å². The molecular formula is C20H23NO5. The second-order valence-corrected chi connectivity index (χ2v) is 5.78. The smallest absolute Gasteiger partial charge is 0.344 e. The van der Waals surface area contributed by atoms with Gasteiger partial charge < -0.3 is 19.5 Å². The highest BCUT2D eigenvalue weighted by atomic mass is 16.6. The third kappa shape index (κ3) is 6.47. The molecule has 0 radical (unpaired) electrons. The van der Waals surface area contributed by atoms with Gasteiger partial charge in [-0.15, -0.1) is 0 Å². The predicted octanol–water partition coefficient (Wildman–Crippen LogP) is 3.26. The Morgan fingerprint density at radius 2 is 1.54 bits per heavy atom. The van der Waals surface area contributed by atoms with Gasteiger partial charge in [-0.2, -0.15) is 0 Å². The number of benzene rings is 2. The van der Waals surface area contributed by atoms with Gasteiger partial charge in [0.15, 0.2) is 13.2 Å². The Labute approximate surface area is 153 Å². The molecule has 0 aliphatic heterocycles. The van der Waals surface area contributed by atoms with Crippen LogP contribution >= 0.6 is 0 Å². The summed E-state index contributed by atoms with van der Waals surface area (Å²) >= 11 is 0. The molecule has 0 heterocycles. The largest absolute Gasteiger partial charge is 0.494 e. The van der Waals surface area contributed by atoms with Gasteiger partial charge >= 0.3 is 5.97 Å². The van der Waals surface area contributed by atoms with Crippen molar-refractivity contribution in [1.82, 2.24) is 0 Å². The lowest BCUT2D eigenvalue weighted by Crippen LogP contribution is -2.23. The third-order valence-corrected chi connectivity index (χ3v) is 3.37. The first-order chi connectivity index (χ1) is 12.5. The fraction of sp³-hybridized carbons (Fsp3) is 0.300. The van der Waals surface area contributed by atoms with E-state index in [9.17, 15) is 9.59 Å². The van der Waals surface area contributed by atoms with Gasteiger partial charge in [-0.3, -0.25) is 4.79 Å². The molecule has 2 rings (SSSR count). The van der Waals surface area contributed by atoms with Crippen molar-refractivity contribution < 1.29 is 23.8 Å². The summed E-state index contributed by atoms with van der Waals surface area (Å²) in [6, 6.07) is 12.6. The van der Waals surface area contributed by atoms with Crippen molar-refractivity contribution in [3.05, 3.63) is 53.6 Å². The Kier molecular flexibility index (Phi) is 7.02. The molecule has 2 aromatic rings.